The highest BCUT2D eigenvalue weighted by molar-refractivity contribution is 7.89. The van der Waals surface area contributed by atoms with Gasteiger partial charge in [-0.3, -0.25) is 4.79 Å². The van der Waals surface area contributed by atoms with Gasteiger partial charge in [-0.05, 0) is 79.3 Å². The quantitative estimate of drug-likeness (QED) is 0.443. The minimum absolute atomic E-state index is 0.0553. The Morgan fingerprint density at radius 2 is 1.65 bits per heavy atom. The maximum atomic E-state index is 13.9. The summed E-state index contributed by atoms with van der Waals surface area (Å²) in [5.41, 5.74) is 4.67. The number of rotatable bonds is 7. The van der Waals surface area contributed by atoms with Crippen LogP contribution in [0.4, 0.5) is 11.4 Å². The average Bonchev–Trinajstić information content (AvgIpc) is 3.54. The van der Waals surface area contributed by atoms with Gasteiger partial charge in [-0.25, -0.2) is 13.1 Å². The van der Waals surface area contributed by atoms with Crippen molar-refractivity contribution in [2.75, 3.05) is 23.3 Å². The zero-order chi connectivity index (χ0) is 25.4. The first-order valence-electron chi connectivity index (χ1n) is 13.3. The van der Waals surface area contributed by atoms with Gasteiger partial charge >= 0.3 is 0 Å². The molecule has 1 saturated heterocycles. The summed E-state index contributed by atoms with van der Waals surface area (Å²) in [5, 5.41) is 3.00. The number of aryl methyl sites for hydroxylation is 1. The van der Waals surface area contributed by atoms with Crippen LogP contribution >= 0.6 is 0 Å². The van der Waals surface area contributed by atoms with E-state index in [4.69, 9.17) is 0 Å². The van der Waals surface area contributed by atoms with Crippen LogP contribution in [0.15, 0.2) is 77.7 Å². The Morgan fingerprint density at radius 3 is 2.46 bits per heavy atom. The zero-order valence-electron chi connectivity index (χ0n) is 20.9. The number of nitrogens with one attached hydrogen (secondary N) is 2. The van der Waals surface area contributed by atoms with Crippen molar-refractivity contribution >= 4 is 27.3 Å². The second-order valence-electron chi connectivity index (χ2n) is 10.5. The maximum absolute atomic E-state index is 13.9. The van der Waals surface area contributed by atoms with E-state index >= 15 is 0 Å². The molecule has 3 aromatic rings. The first kappa shape index (κ1) is 24.2. The molecule has 1 heterocycles. The Bertz CT molecular complexity index is 1400. The average molecular weight is 516 g/mol. The lowest BCUT2D eigenvalue weighted by Crippen LogP contribution is -2.32. The van der Waals surface area contributed by atoms with Gasteiger partial charge in [0.25, 0.3) is 0 Å². The number of amides is 1. The Balaban J connectivity index is 1.26. The normalized spacial score (nSPS) is 22.9. The molecule has 3 aliphatic rings. The van der Waals surface area contributed by atoms with E-state index in [2.05, 4.69) is 33.1 Å². The van der Waals surface area contributed by atoms with Crippen molar-refractivity contribution in [2.24, 2.45) is 5.92 Å². The topological polar surface area (TPSA) is 78.5 Å². The Hall–Kier alpha value is -3.16. The fourth-order valence-electron chi connectivity index (χ4n) is 5.94. The number of fused-ring (bicyclic) bond motifs is 1. The third-order valence-corrected chi connectivity index (χ3v) is 9.49. The van der Waals surface area contributed by atoms with E-state index in [1.54, 1.807) is 6.07 Å². The van der Waals surface area contributed by atoms with Crippen LogP contribution in [0.5, 0.6) is 0 Å². The summed E-state index contributed by atoms with van der Waals surface area (Å²) >= 11 is 0. The molecule has 192 valence electrons. The van der Waals surface area contributed by atoms with E-state index in [9.17, 15) is 13.2 Å². The van der Waals surface area contributed by atoms with Crippen molar-refractivity contribution in [1.82, 2.24) is 4.72 Å². The molecule has 0 unspecified atom stereocenters. The highest BCUT2D eigenvalue weighted by Crippen LogP contribution is 2.48. The van der Waals surface area contributed by atoms with Gasteiger partial charge in [-0.15, -0.1) is 0 Å². The molecule has 0 spiro atoms. The Morgan fingerprint density at radius 1 is 0.892 bits per heavy atom. The van der Waals surface area contributed by atoms with Gasteiger partial charge in [-0.1, -0.05) is 54.6 Å². The van der Waals surface area contributed by atoms with Crippen molar-refractivity contribution in [3.05, 3.63) is 89.5 Å². The summed E-state index contributed by atoms with van der Waals surface area (Å²) in [4.78, 5) is 15.4. The van der Waals surface area contributed by atoms with Gasteiger partial charge in [0.05, 0.1) is 5.69 Å². The van der Waals surface area contributed by atoms with Gasteiger partial charge in [0.15, 0.2) is 0 Å². The third kappa shape index (κ3) is 5.03. The number of carbonyl (C=O) groups is 1. The summed E-state index contributed by atoms with van der Waals surface area (Å²) in [6.45, 7) is 1.67. The van der Waals surface area contributed by atoms with E-state index in [0.717, 1.165) is 57.2 Å². The van der Waals surface area contributed by atoms with E-state index in [0.29, 0.717) is 11.4 Å². The van der Waals surface area contributed by atoms with E-state index < -0.39 is 10.0 Å². The lowest BCUT2D eigenvalue weighted by molar-refractivity contribution is -0.117. The van der Waals surface area contributed by atoms with Crippen LogP contribution < -0.4 is 14.9 Å². The van der Waals surface area contributed by atoms with Crippen molar-refractivity contribution in [3.63, 3.8) is 0 Å². The van der Waals surface area contributed by atoms with E-state index in [1.165, 1.54) is 11.1 Å². The molecule has 3 aromatic carbocycles. The predicted molar refractivity (Wildman–Crippen MR) is 146 cm³/mol. The molecule has 1 amide bonds. The second kappa shape index (κ2) is 9.95. The van der Waals surface area contributed by atoms with Crippen molar-refractivity contribution < 1.29 is 13.2 Å². The molecular weight excluding hydrogens is 482 g/mol. The van der Waals surface area contributed by atoms with Gasteiger partial charge in [0, 0.05) is 30.7 Å². The predicted octanol–water partition coefficient (Wildman–Crippen LogP) is 5.38. The molecule has 6 nitrogen and oxygen atoms in total. The lowest BCUT2D eigenvalue weighted by atomic mass is 9.88. The highest BCUT2D eigenvalue weighted by Gasteiger charge is 2.44. The number of hydrogen-bond donors (Lipinski definition) is 2. The van der Waals surface area contributed by atoms with Crippen LogP contribution in [-0.4, -0.2) is 27.4 Å². The minimum Gasteiger partial charge on any atom is -0.370 e. The van der Waals surface area contributed by atoms with Gasteiger partial charge in [-0.2, -0.15) is 0 Å². The molecule has 1 saturated carbocycles. The van der Waals surface area contributed by atoms with Crippen LogP contribution in [0.1, 0.15) is 60.8 Å². The Kier molecular flexibility index (Phi) is 6.51. The number of sulfonamides is 1. The van der Waals surface area contributed by atoms with Gasteiger partial charge in [0.2, 0.25) is 15.9 Å². The van der Waals surface area contributed by atoms with Crippen LogP contribution in [-0.2, 0) is 21.2 Å². The van der Waals surface area contributed by atoms with Crippen LogP contribution in [0.3, 0.4) is 0 Å². The SMILES string of the molecule is O=C(Nc1ccc(N2CCCC2)c(S(=O)(=O)N[C@@H]2CCCc3ccccc32)c1)[C@@H]1C[C@H]1c1ccccc1. The largest absolute Gasteiger partial charge is 0.370 e. The first-order valence-corrected chi connectivity index (χ1v) is 14.8. The minimum atomic E-state index is -3.83. The number of anilines is 2. The fourth-order valence-corrected chi connectivity index (χ4v) is 7.44. The number of nitrogens with zero attached hydrogens (tertiary/aromatic N) is 1. The standard InChI is InChI=1S/C30H33N3O3S/c34-30(26-20-25(26)22-9-2-1-3-10-22)31-23-15-16-28(33-17-6-7-18-33)29(19-23)37(35,36)32-27-14-8-12-21-11-4-5-13-24(21)27/h1-5,9-11,13,15-16,19,25-27,32H,6-8,12,14,17-18,20H2,(H,31,34)/t25-,26+,27+/m0/s1. The molecule has 0 bridgehead atoms. The van der Waals surface area contributed by atoms with Crippen LogP contribution in [0.2, 0.25) is 0 Å². The molecule has 37 heavy (non-hydrogen) atoms. The smallest absolute Gasteiger partial charge is 0.243 e. The van der Waals surface area contributed by atoms with E-state index in [1.807, 2.05) is 48.5 Å². The molecule has 3 atom stereocenters. The second-order valence-corrected chi connectivity index (χ2v) is 12.2. The van der Waals surface area contributed by atoms with Crippen molar-refractivity contribution in [1.29, 1.82) is 0 Å². The summed E-state index contributed by atoms with van der Waals surface area (Å²) in [6, 6.07) is 23.2. The molecule has 0 aromatic heterocycles. The fraction of sp³-hybridized carbons (Fsp3) is 0.367. The molecule has 0 radical (unpaired) electrons. The van der Waals surface area contributed by atoms with Crippen LogP contribution in [0.25, 0.3) is 0 Å². The number of benzene rings is 3. The van der Waals surface area contributed by atoms with Gasteiger partial charge in [0.1, 0.15) is 4.90 Å². The van der Waals surface area contributed by atoms with Crippen molar-refractivity contribution in [2.45, 2.75) is 55.4 Å². The van der Waals surface area contributed by atoms with E-state index in [-0.39, 0.29) is 28.7 Å². The van der Waals surface area contributed by atoms with Gasteiger partial charge < -0.3 is 10.2 Å². The molecule has 2 N–H and O–H groups in total. The third-order valence-electron chi connectivity index (χ3n) is 7.99. The zero-order valence-corrected chi connectivity index (χ0v) is 21.7. The summed E-state index contributed by atoms with van der Waals surface area (Å²) in [6.07, 6.45) is 5.60. The molecular formula is C30H33N3O3S. The molecule has 7 heteroatoms. The summed E-state index contributed by atoms with van der Waals surface area (Å²) < 4.78 is 30.7. The molecule has 2 fully saturated rings. The maximum Gasteiger partial charge on any atom is 0.243 e. The summed E-state index contributed by atoms with van der Waals surface area (Å²) in [7, 11) is -3.83. The highest BCUT2D eigenvalue weighted by atomic mass is 32.2. The van der Waals surface area contributed by atoms with Crippen molar-refractivity contribution in [3.8, 4) is 0 Å². The summed E-state index contributed by atoms with van der Waals surface area (Å²) in [5.74, 6) is 0.0826. The van der Waals surface area contributed by atoms with Crippen LogP contribution in [0, 0.1) is 5.92 Å². The first-order chi connectivity index (χ1) is 18.0. The molecule has 2 aliphatic carbocycles. The number of hydrogen-bond acceptors (Lipinski definition) is 4. The lowest BCUT2D eigenvalue weighted by Gasteiger charge is -2.28. The molecule has 6 rings (SSSR count). The monoisotopic (exact) mass is 515 g/mol. The molecule has 1 aliphatic heterocycles. The number of carbonyl (C=O) groups excluding carboxylic acids is 1. The Labute approximate surface area is 219 Å².